The first-order valence-electron chi connectivity index (χ1n) is 12.1. The van der Waals surface area contributed by atoms with Crippen LogP contribution in [0.4, 0.5) is 0 Å². The summed E-state index contributed by atoms with van der Waals surface area (Å²) in [5.41, 5.74) is 5.22. The van der Waals surface area contributed by atoms with Crippen LogP contribution in [0.25, 0.3) is 16.5 Å². The predicted molar refractivity (Wildman–Crippen MR) is 130 cm³/mol. The molecular weight excluding hydrogens is 382 g/mol. The summed E-state index contributed by atoms with van der Waals surface area (Å²) in [4.78, 5) is 21.9. The Bertz CT molecular complexity index is 988. The minimum atomic E-state index is -0.0963. The summed E-state index contributed by atoms with van der Waals surface area (Å²) in [6, 6.07) is 7.28. The number of carbonyl (C=O) groups excluding carboxylic acids is 1. The van der Waals surface area contributed by atoms with Gasteiger partial charge in [0.15, 0.2) is 0 Å². The van der Waals surface area contributed by atoms with E-state index in [0.717, 1.165) is 19.4 Å². The number of hydrogen-bond donors (Lipinski definition) is 1. The average molecular weight is 422 g/mol. The molecule has 1 aromatic carbocycles. The largest absolute Gasteiger partial charge is 0.361 e. The molecular formula is C27H39N3O. The molecule has 5 unspecified atom stereocenters. The number of nitrogens with zero attached hydrogens (tertiary/aromatic N) is 2. The van der Waals surface area contributed by atoms with Gasteiger partial charge in [0.05, 0.1) is 5.92 Å². The molecule has 4 rings (SSSR count). The number of aromatic nitrogens is 1. The van der Waals surface area contributed by atoms with Crippen LogP contribution in [0.15, 0.2) is 30.5 Å². The van der Waals surface area contributed by atoms with Crippen molar-refractivity contribution < 1.29 is 4.79 Å². The highest BCUT2D eigenvalue weighted by atomic mass is 16.2. The second kappa shape index (κ2) is 8.46. The summed E-state index contributed by atoms with van der Waals surface area (Å²) in [7, 11) is 2.18. The Kier molecular flexibility index (Phi) is 6.04. The van der Waals surface area contributed by atoms with Crippen molar-refractivity contribution in [1.82, 2.24) is 14.8 Å². The van der Waals surface area contributed by atoms with E-state index in [-0.39, 0.29) is 23.9 Å². The van der Waals surface area contributed by atoms with E-state index in [1.807, 2.05) is 0 Å². The zero-order valence-electron chi connectivity index (χ0n) is 20.3. The molecule has 168 valence electrons. The second-order valence-electron chi connectivity index (χ2n) is 10.3. The molecule has 1 N–H and O–H groups in total. The number of carbonyl (C=O) groups is 1. The van der Waals surface area contributed by atoms with E-state index in [4.69, 9.17) is 0 Å². The van der Waals surface area contributed by atoms with Crippen LogP contribution in [0.5, 0.6) is 0 Å². The lowest BCUT2D eigenvalue weighted by Crippen LogP contribution is -2.53. The normalized spacial score (nSPS) is 23.9. The third-order valence-corrected chi connectivity index (χ3v) is 8.14. The summed E-state index contributed by atoms with van der Waals surface area (Å²) < 4.78 is 0. The predicted octanol–water partition coefficient (Wildman–Crippen LogP) is 5.35. The van der Waals surface area contributed by atoms with Crippen LogP contribution in [0.3, 0.4) is 0 Å². The summed E-state index contributed by atoms with van der Waals surface area (Å²) in [5.74, 6) is 1.26. The summed E-state index contributed by atoms with van der Waals surface area (Å²) in [6.07, 6.45) is 6.62. The Labute approximate surface area is 187 Å². The smallest absolute Gasteiger partial charge is 0.231 e. The number of fused-ring (bicyclic) bond motifs is 2. The molecule has 0 spiro atoms. The van der Waals surface area contributed by atoms with E-state index in [9.17, 15) is 4.79 Å². The molecule has 1 aromatic heterocycles. The molecule has 0 radical (unpaired) electrons. The van der Waals surface area contributed by atoms with E-state index in [0.29, 0.717) is 17.9 Å². The molecule has 1 aliphatic carbocycles. The SMILES string of the molecule is CCC(C)C(C)C(C)N(C(=O)C1C=C2c3cccc4[nH]cc(c34)CC2N(C)C1)C(C)C. The van der Waals surface area contributed by atoms with E-state index in [1.54, 1.807) is 0 Å². The highest BCUT2D eigenvalue weighted by molar-refractivity contribution is 5.99. The number of rotatable bonds is 6. The monoisotopic (exact) mass is 421 g/mol. The van der Waals surface area contributed by atoms with Crippen LogP contribution in [-0.4, -0.2) is 52.4 Å². The fourth-order valence-electron chi connectivity index (χ4n) is 5.82. The Morgan fingerprint density at radius 2 is 1.97 bits per heavy atom. The fourth-order valence-corrected chi connectivity index (χ4v) is 5.82. The average Bonchev–Trinajstić information content (AvgIpc) is 3.17. The van der Waals surface area contributed by atoms with Crippen LogP contribution in [-0.2, 0) is 11.2 Å². The maximum absolute atomic E-state index is 13.9. The van der Waals surface area contributed by atoms with Gasteiger partial charge in [0, 0.05) is 41.8 Å². The van der Waals surface area contributed by atoms with Gasteiger partial charge in [-0.1, -0.05) is 45.4 Å². The van der Waals surface area contributed by atoms with Crippen molar-refractivity contribution in [3.8, 4) is 0 Å². The highest BCUT2D eigenvalue weighted by Crippen LogP contribution is 2.41. The first-order valence-corrected chi connectivity index (χ1v) is 12.1. The topological polar surface area (TPSA) is 39.3 Å². The van der Waals surface area contributed by atoms with Gasteiger partial charge in [-0.2, -0.15) is 0 Å². The zero-order valence-corrected chi connectivity index (χ0v) is 20.3. The number of benzene rings is 1. The van der Waals surface area contributed by atoms with Gasteiger partial charge >= 0.3 is 0 Å². The molecule has 4 nitrogen and oxygen atoms in total. The van der Waals surface area contributed by atoms with Gasteiger partial charge in [-0.05, 0) is 68.8 Å². The van der Waals surface area contributed by atoms with Crippen LogP contribution >= 0.6 is 0 Å². The van der Waals surface area contributed by atoms with Crippen LogP contribution < -0.4 is 0 Å². The highest BCUT2D eigenvalue weighted by Gasteiger charge is 2.39. The standard InChI is InChI=1S/C27H39N3O/c1-8-17(4)18(5)19(6)30(16(2)3)27(31)21-12-23-22-10-9-11-24-26(22)20(14-28-24)13-25(23)29(7)15-21/h9-12,14,16-19,21,25,28H,8,13,15H2,1-7H3. The molecule has 1 amide bonds. The lowest BCUT2D eigenvalue weighted by molar-refractivity contribution is -0.140. The molecule has 0 fully saturated rings. The molecule has 1 aliphatic heterocycles. The van der Waals surface area contributed by atoms with E-state index in [1.165, 1.54) is 27.6 Å². The minimum Gasteiger partial charge on any atom is -0.361 e. The van der Waals surface area contributed by atoms with Gasteiger partial charge in [0.2, 0.25) is 5.91 Å². The van der Waals surface area contributed by atoms with E-state index < -0.39 is 0 Å². The third kappa shape index (κ3) is 3.73. The summed E-state index contributed by atoms with van der Waals surface area (Å²) in [5, 5.41) is 1.34. The lowest BCUT2D eigenvalue weighted by atomic mass is 9.79. The Morgan fingerprint density at radius 3 is 2.65 bits per heavy atom. The molecule has 5 atom stereocenters. The van der Waals surface area contributed by atoms with Gasteiger partial charge in [-0.25, -0.2) is 0 Å². The number of hydrogen-bond acceptors (Lipinski definition) is 2. The summed E-state index contributed by atoms with van der Waals surface area (Å²) in [6.45, 7) is 14.2. The van der Waals surface area contributed by atoms with Crippen molar-refractivity contribution in [2.45, 2.75) is 72.5 Å². The third-order valence-electron chi connectivity index (χ3n) is 8.14. The summed E-state index contributed by atoms with van der Waals surface area (Å²) >= 11 is 0. The number of aromatic amines is 1. The number of amides is 1. The second-order valence-corrected chi connectivity index (χ2v) is 10.3. The van der Waals surface area contributed by atoms with Crippen molar-refractivity contribution in [1.29, 1.82) is 0 Å². The zero-order chi connectivity index (χ0) is 22.4. The molecule has 4 heteroatoms. The molecule has 0 saturated heterocycles. The lowest BCUT2D eigenvalue weighted by Gasteiger charge is -2.43. The van der Waals surface area contributed by atoms with Gasteiger partial charge in [-0.3, -0.25) is 9.69 Å². The molecule has 2 aromatic rings. The Hall–Kier alpha value is -2.07. The number of H-pyrrole nitrogens is 1. The minimum absolute atomic E-state index is 0.0963. The maximum atomic E-state index is 13.9. The van der Waals surface area contributed by atoms with E-state index >= 15 is 0 Å². The van der Waals surface area contributed by atoms with Gasteiger partial charge < -0.3 is 9.88 Å². The number of nitrogens with one attached hydrogen (secondary N) is 1. The molecule has 0 bridgehead atoms. The van der Waals surface area contributed by atoms with Crippen molar-refractivity contribution in [2.75, 3.05) is 13.6 Å². The Balaban J connectivity index is 1.70. The van der Waals surface area contributed by atoms with Crippen molar-refractivity contribution in [3.63, 3.8) is 0 Å². The van der Waals surface area contributed by atoms with Crippen molar-refractivity contribution >= 4 is 22.4 Å². The van der Waals surface area contributed by atoms with Crippen LogP contribution in [0, 0.1) is 17.8 Å². The molecule has 2 heterocycles. The maximum Gasteiger partial charge on any atom is 0.231 e. The molecule has 2 aliphatic rings. The Morgan fingerprint density at radius 1 is 1.23 bits per heavy atom. The van der Waals surface area contributed by atoms with Gasteiger partial charge in [-0.15, -0.1) is 0 Å². The van der Waals surface area contributed by atoms with Gasteiger partial charge in [0.1, 0.15) is 0 Å². The molecule has 31 heavy (non-hydrogen) atoms. The first-order chi connectivity index (χ1) is 14.7. The van der Waals surface area contributed by atoms with Crippen molar-refractivity contribution in [2.24, 2.45) is 17.8 Å². The number of likely N-dealkylation sites (N-methyl/N-ethyl adjacent to an activating group) is 1. The van der Waals surface area contributed by atoms with Crippen LogP contribution in [0.1, 0.15) is 59.1 Å². The first kappa shape index (κ1) is 22.1. The fraction of sp³-hybridized carbons (Fsp3) is 0.593. The van der Waals surface area contributed by atoms with Crippen molar-refractivity contribution in [3.05, 3.63) is 41.6 Å². The van der Waals surface area contributed by atoms with E-state index in [2.05, 4.69) is 93.8 Å². The quantitative estimate of drug-likeness (QED) is 0.683. The molecule has 0 saturated carbocycles. The van der Waals surface area contributed by atoms with Crippen LogP contribution in [0.2, 0.25) is 0 Å². The van der Waals surface area contributed by atoms with Gasteiger partial charge in [0.25, 0.3) is 0 Å².